The highest BCUT2D eigenvalue weighted by molar-refractivity contribution is 7.85. The van der Waals surface area contributed by atoms with E-state index in [9.17, 15) is 0 Å². The minimum atomic E-state index is 1.44. The molecule has 0 aromatic heterocycles. The van der Waals surface area contributed by atoms with Crippen molar-refractivity contribution in [1.82, 2.24) is 0 Å². The molecule has 0 atom stereocenters. The minimum Gasteiger partial charge on any atom is -0.185 e. The third-order valence-electron chi connectivity index (χ3n) is 0. The van der Waals surface area contributed by atoms with Gasteiger partial charge in [-0.25, -0.2) is 0 Å². The first kappa shape index (κ1) is 8.82. The van der Waals surface area contributed by atoms with Gasteiger partial charge < -0.3 is 0 Å². The smallest absolute Gasteiger partial charge is 0.130 e. The Morgan fingerprint density at radius 1 is 1.60 bits per heavy atom. The van der Waals surface area contributed by atoms with E-state index in [2.05, 4.69) is 25.8 Å². The van der Waals surface area contributed by atoms with Crippen LogP contribution in [-0.4, -0.2) is 0 Å². The number of thiol groups is 1. The highest BCUT2D eigenvalue weighted by Crippen LogP contribution is 1.46. The van der Waals surface area contributed by atoms with Crippen molar-refractivity contribution < 1.29 is 0 Å². The van der Waals surface area contributed by atoms with Gasteiger partial charge in [-0.15, -0.1) is 13.2 Å². The first-order chi connectivity index (χ1) is 2.41. The summed E-state index contributed by atoms with van der Waals surface area (Å²) in [5, 5.41) is 8.63. The van der Waals surface area contributed by atoms with Crippen LogP contribution in [-0.2, 0) is 0 Å². The summed E-state index contributed by atoms with van der Waals surface area (Å²) in [6.45, 7) is 6.00. The van der Waals surface area contributed by atoms with Crippen molar-refractivity contribution in [1.29, 1.82) is 5.26 Å². The van der Waals surface area contributed by atoms with Crippen molar-refractivity contribution >= 4 is 12.6 Å². The quantitative estimate of drug-likeness (QED) is 0.268. The first-order valence-corrected chi connectivity index (χ1v) is 1.39. The summed E-state index contributed by atoms with van der Waals surface area (Å²) in [6.07, 6.45) is 0. The molecule has 0 aromatic carbocycles. The zero-order valence-electron chi connectivity index (χ0n) is 2.81. The second kappa shape index (κ2) is 70.8. The minimum absolute atomic E-state index is 1.44. The van der Waals surface area contributed by atoms with Gasteiger partial charge in [-0.2, -0.15) is 5.26 Å². The predicted molar refractivity (Wildman–Crippen MR) is 25.9 cm³/mol. The monoisotopic (exact) mass is 87.0 g/mol. The fraction of sp³-hybridized carbons (Fsp3) is 0. The molecule has 0 aromatic rings. The van der Waals surface area contributed by atoms with Gasteiger partial charge >= 0.3 is 0 Å². The van der Waals surface area contributed by atoms with E-state index in [4.69, 9.17) is 5.26 Å². The molecule has 0 N–H and O–H groups in total. The molecule has 0 amide bonds. The normalized spacial score (nSPS) is 2.40. The SMILES string of the molecule is C=C.N#CS. The molecule has 0 aliphatic rings. The van der Waals surface area contributed by atoms with Gasteiger partial charge in [-0.05, 0) is 0 Å². The van der Waals surface area contributed by atoms with Crippen LogP contribution in [0.4, 0.5) is 0 Å². The Morgan fingerprint density at radius 2 is 1.60 bits per heavy atom. The van der Waals surface area contributed by atoms with Gasteiger partial charge in [0.2, 0.25) is 0 Å². The third-order valence-corrected chi connectivity index (χ3v) is 0. The molecule has 0 saturated heterocycles. The van der Waals surface area contributed by atoms with Crippen LogP contribution >= 0.6 is 12.6 Å². The van der Waals surface area contributed by atoms with Gasteiger partial charge in [0.05, 0.1) is 0 Å². The molecule has 5 heavy (non-hydrogen) atoms. The molecule has 0 spiro atoms. The van der Waals surface area contributed by atoms with Gasteiger partial charge in [0, 0.05) is 0 Å². The number of thiocyanates is 1. The molecule has 0 saturated carbocycles. The number of hydrogen-bond donors (Lipinski definition) is 1. The largest absolute Gasteiger partial charge is 0.185 e. The van der Waals surface area contributed by atoms with E-state index < -0.39 is 0 Å². The Hall–Kier alpha value is -0.420. The predicted octanol–water partition coefficient (Wildman–Crippen LogP) is 1.20. The molecule has 0 rings (SSSR count). The van der Waals surface area contributed by atoms with Crippen LogP contribution in [0.3, 0.4) is 0 Å². The molecule has 0 aliphatic heterocycles. The molecule has 28 valence electrons. The highest BCUT2D eigenvalue weighted by Gasteiger charge is 1.18. The number of nitrogens with zero attached hydrogens (tertiary/aromatic N) is 1. The van der Waals surface area contributed by atoms with Crippen LogP contribution in [0.2, 0.25) is 0 Å². The van der Waals surface area contributed by atoms with Crippen LogP contribution in [0, 0.1) is 10.7 Å². The second-order valence-corrected chi connectivity index (χ2v) is 0.300. The molecule has 0 bridgehead atoms. The van der Waals surface area contributed by atoms with E-state index in [0.29, 0.717) is 0 Å². The van der Waals surface area contributed by atoms with Crippen molar-refractivity contribution in [3.63, 3.8) is 0 Å². The van der Waals surface area contributed by atoms with Gasteiger partial charge in [0.15, 0.2) is 0 Å². The van der Waals surface area contributed by atoms with Gasteiger partial charge in [-0.3, -0.25) is 0 Å². The molecule has 0 radical (unpaired) electrons. The van der Waals surface area contributed by atoms with Crippen molar-refractivity contribution in [2.45, 2.75) is 0 Å². The third kappa shape index (κ3) is 50.7. The lowest BCUT2D eigenvalue weighted by Gasteiger charge is -1.14. The molecule has 0 unspecified atom stereocenters. The number of rotatable bonds is 0. The van der Waals surface area contributed by atoms with Gasteiger partial charge in [-0.1, -0.05) is 12.6 Å². The van der Waals surface area contributed by atoms with Crippen LogP contribution in [0.25, 0.3) is 0 Å². The lowest BCUT2D eigenvalue weighted by molar-refractivity contribution is 1.57. The Balaban J connectivity index is 0. The van der Waals surface area contributed by atoms with Crippen molar-refractivity contribution in [3.8, 4) is 5.40 Å². The average molecular weight is 87.1 g/mol. The van der Waals surface area contributed by atoms with Crippen LogP contribution in [0.15, 0.2) is 13.2 Å². The summed E-state index contributed by atoms with van der Waals surface area (Å²) < 4.78 is 0. The maximum Gasteiger partial charge on any atom is 0.130 e. The van der Waals surface area contributed by atoms with E-state index in [0.717, 1.165) is 0 Å². The first-order valence-electron chi connectivity index (χ1n) is 0.947. The van der Waals surface area contributed by atoms with Crippen molar-refractivity contribution in [2.75, 3.05) is 0 Å². The summed E-state index contributed by atoms with van der Waals surface area (Å²) in [4.78, 5) is 0. The van der Waals surface area contributed by atoms with Crippen LogP contribution < -0.4 is 0 Å². The summed E-state index contributed by atoms with van der Waals surface area (Å²) in [7, 11) is 0. The molecular formula is C3H5NS. The number of hydrogen-bond acceptors (Lipinski definition) is 2. The lowest BCUT2D eigenvalue weighted by Crippen LogP contribution is -0.961. The van der Waals surface area contributed by atoms with E-state index in [1.165, 1.54) is 5.40 Å². The fourth-order valence-corrected chi connectivity index (χ4v) is 0. The lowest BCUT2D eigenvalue weighted by atomic mass is 11.3. The molecule has 0 fully saturated rings. The Labute approximate surface area is 37.3 Å². The topological polar surface area (TPSA) is 23.8 Å². The second-order valence-electron chi connectivity index (χ2n) is 0.100. The van der Waals surface area contributed by atoms with E-state index in [-0.39, 0.29) is 0 Å². The Bertz CT molecular complexity index is 36.6. The molecule has 1 nitrogen and oxygen atoms in total. The number of nitriles is 1. The van der Waals surface area contributed by atoms with Gasteiger partial charge in [0.25, 0.3) is 0 Å². The molecule has 2 heteroatoms. The van der Waals surface area contributed by atoms with Crippen LogP contribution in [0.5, 0.6) is 0 Å². The van der Waals surface area contributed by atoms with Crippen molar-refractivity contribution in [3.05, 3.63) is 13.2 Å². The van der Waals surface area contributed by atoms with E-state index in [1.54, 1.807) is 0 Å². The van der Waals surface area contributed by atoms with E-state index >= 15 is 0 Å². The standard InChI is InChI=1S/C2H4.CHNS/c1-2;2-1-3/h1-2H2;3H. The summed E-state index contributed by atoms with van der Waals surface area (Å²) in [6, 6.07) is 0. The highest BCUT2D eigenvalue weighted by atomic mass is 32.1. The zero-order chi connectivity index (χ0) is 4.71. The molecule has 0 aliphatic carbocycles. The summed E-state index contributed by atoms with van der Waals surface area (Å²) in [5.41, 5.74) is 0. The summed E-state index contributed by atoms with van der Waals surface area (Å²) >= 11 is 3.09. The Morgan fingerprint density at radius 3 is 1.60 bits per heavy atom. The maximum atomic E-state index is 7.18. The zero-order valence-corrected chi connectivity index (χ0v) is 3.70. The molecular weight excluding hydrogens is 82.1 g/mol. The van der Waals surface area contributed by atoms with E-state index in [1.807, 2.05) is 0 Å². The molecule has 0 heterocycles. The van der Waals surface area contributed by atoms with Crippen LogP contribution in [0.1, 0.15) is 0 Å². The Kier molecular flexibility index (Phi) is 125. The van der Waals surface area contributed by atoms with Crippen molar-refractivity contribution in [2.24, 2.45) is 0 Å². The summed E-state index contributed by atoms with van der Waals surface area (Å²) in [5.74, 6) is 0. The van der Waals surface area contributed by atoms with Gasteiger partial charge in [0.1, 0.15) is 5.40 Å². The maximum absolute atomic E-state index is 7.18. The fourth-order valence-electron chi connectivity index (χ4n) is 0. The average Bonchev–Trinajstić information content (AvgIpc) is 1.46.